The lowest BCUT2D eigenvalue weighted by Gasteiger charge is -2.13. The number of hydrogen-bond acceptors (Lipinski definition) is 2. The van der Waals surface area contributed by atoms with Crippen LogP contribution in [0.15, 0.2) is 30.5 Å². The average Bonchev–Trinajstić information content (AvgIpc) is 2.28. The molecule has 1 amide bonds. The summed E-state index contributed by atoms with van der Waals surface area (Å²) in [6.45, 7) is 7.30. The average molecular weight is 240 g/mol. The normalized spacial score (nSPS) is 12.3. The molecule has 92 valence electrons. The van der Waals surface area contributed by atoms with Crippen LogP contribution >= 0.6 is 0 Å². The van der Waals surface area contributed by atoms with E-state index in [1.165, 1.54) is 6.07 Å². The van der Waals surface area contributed by atoms with Crippen molar-refractivity contribution in [3.05, 3.63) is 41.7 Å². The summed E-state index contributed by atoms with van der Waals surface area (Å²) >= 11 is 0. The summed E-state index contributed by atoms with van der Waals surface area (Å²) in [4.78, 5) is 15.2. The molecule has 1 N–H and O–H groups in total. The van der Waals surface area contributed by atoms with Gasteiger partial charge >= 0.3 is 0 Å². The zero-order valence-corrected chi connectivity index (χ0v) is 9.71. The van der Waals surface area contributed by atoms with Crippen molar-refractivity contribution in [1.29, 1.82) is 0 Å². The van der Waals surface area contributed by atoms with Crippen molar-refractivity contribution < 1.29 is 13.6 Å². The molecule has 0 aliphatic heterocycles. The fraction of sp³-hybridized carbons (Fsp3) is 0.333. The summed E-state index contributed by atoms with van der Waals surface area (Å²) < 4.78 is 24.5. The van der Waals surface area contributed by atoms with Crippen LogP contribution in [0.25, 0.3) is 0 Å². The van der Waals surface area contributed by atoms with Gasteiger partial charge in [0.25, 0.3) is 12.3 Å². The van der Waals surface area contributed by atoms with Gasteiger partial charge in [-0.2, -0.15) is 0 Å². The maximum Gasteiger partial charge on any atom is 0.280 e. The van der Waals surface area contributed by atoms with Crippen molar-refractivity contribution >= 4 is 5.91 Å². The summed E-state index contributed by atoms with van der Waals surface area (Å²) in [6.07, 6.45) is -1.48. The molecule has 0 saturated carbocycles. The van der Waals surface area contributed by atoms with Gasteiger partial charge in [-0.25, -0.2) is 8.78 Å². The molecular formula is C12H14F2N2O. The zero-order chi connectivity index (χ0) is 13.0. The second-order valence-electron chi connectivity index (χ2n) is 3.81. The number of amides is 1. The standard InChI is InChI=1S/C12H14F2N2O/c1-7(2)8(3)16-12(17)9-4-5-10(11(13)14)15-6-9/h4-6,8,11H,1H2,2-3H3,(H,16,17). The molecule has 0 aromatic carbocycles. The van der Waals surface area contributed by atoms with E-state index in [1.54, 1.807) is 13.8 Å². The minimum Gasteiger partial charge on any atom is -0.346 e. The van der Waals surface area contributed by atoms with Gasteiger partial charge in [-0.1, -0.05) is 12.2 Å². The van der Waals surface area contributed by atoms with Crippen LogP contribution in [0, 0.1) is 0 Å². The summed E-state index contributed by atoms with van der Waals surface area (Å²) in [7, 11) is 0. The molecule has 0 aliphatic carbocycles. The second kappa shape index (κ2) is 5.52. The first-order valence-corrected chi connectivity index (χ1v) is 5.12. The highest BCUT2D eigenvalue weighted by molar-refractivity contribution is 5.94. The van der Waals surface area contributed by atoms with Gasteiger partial charge in [-0.05, 0) is 26.0 Å². The minimum atomic E-state index is -2.62. The first kappa shape index (κ1) is 13.3. The van der Waals surface area contributed by atoms with E-state index >= 15 is 0 Å². The Hall–Kier alpha value is -1.78. The molecule has 1 rings (SSSR count). The van der Waals surface area contributed by atoms with Crippen molar-refractivity contribution in [3.63, 3.8) is 0 Å². The third-order valence-electron chi connectivity index (χ3n) is 2.36. The van der Waals surface area contributed by atoms with Crippen molar-refractivity contribution in [2.45, 2.75) is 26.3 Å². The Bertz CT molecular complexity index is 415. The van der Waals surface area contributed by atoms with Gasteiger partial charge in [0.05, 0.1) is 5.56 Å². The van der Waals surface area contributed by atoms with Crippen LogP contribution in [0.1, 0.15) is 36.3 Å². The Morgan fingerprint density at radius 2 is 2.12 bits per heavy atom. The van der Waals surface area contributed by atoms with E-state index in [1.807, 2.05) is 0 Å². The molecule has 1 atom stereocenters. The van der Waals surface area contributed by atoms with E-state index in [2.05, 4.69) is 16.9 Å². The topological polar surface area (TPSA) is 42.0 Å². The van der Waals surface area contributed by atoms with Crippen LogP contribution in [0.4, 0.5) is 8.78 Å². The van der Waals surface area contributed by atoms with Crippen molar-refractivity contribution in [2.24, 2.45) is 0 Å². The molecular weight excluding hydrogens is 226 g/mol. The number of pyridine rings is 1. The molecule has 0 saturated heterocycles. The van der Waals surface area contributed by atoms with Crippen LogP contribution < -0.4 is 5.32 Å². The van der Waals surface area contributed by atoms with E-state index < -0.39 is 6.43 Å². The van der Waals surface area contributed by atoms with Gasteiger partial charge in [0, 0.05) is 12.2 Å². The van der Waals surface area contributed by atoms with E-state index in [-0.39, 0.29) is 23.2 Å². The number of nitrogens with zero attached hydrogens (tertiary/aromatic N) is 1. The Morgan fingerprint density at radius 3 is 2.53 bits per heavy atom. The SMILES string of the molecule is C=C(C)C(C)NC(=O)c1ccc(C(F)F)nc1. The van der Waals surface area contributed by atoms with Gasteiger partial charge < -0.3 is 5.32 Å². The Morgan fingerprint density at radius 1 is 1.47 bits per heavy atom. The molecule has 0 aliphatic rings. The predicted octanol–water partition coefficient (Wildman–Crippen LogP) is 2.71. The number of hydrogen-bond donors (Lipinski definition) is 1. The van der Waals surface area contributed by atoms with Crippen molar-refractivity contribution in [1.82, 2.24) is 10.3 Å². The molecule has 1 aromatic rings. The van der Waals surface area contributed by atoms with E-state index in [0.717, 1.165) is 17.8 Å². The van der Waals surface area contributed by atoms with E-state index in [9.17, 15) is 13.6 Å². The number of carbonyl (C=O) groups excluding carboxylic acids is 1. The van der Waals surface area contributed by atoms with Gasteiger partial charge in [0.15, 0.2) is 0 Å². The minimum absolute atomic E-state index is 0.169. The third kappa shape index (κ3) is 3.62. The fourth-order valence-electron chi connectivity index (χ4n) is 1.07. The lowest BCUT2D eigenvalue weighted by atomic mass is 10.1. The number of nitrogens with one attached hydrogen (secondary N) is 1. The molecule has 3 nitrogen and oxygen atoms in total. The summed E-state index contributed by atoms with van der Waals surface area (Å²) in [6, 6.07) is 2.30. The highest BCUT2D eigenvalue weighted by atomic mass is 19.3. The second-order valence-corrected chi connectivity index (χ2v) is 3.81. The van der Waals surface area contributed by atoms with Crippen LogP contribution in [-0.4, -0.2) is 16.9 Å². The Labute approximate surface area is 98.6 Å². The van der Waals surface area contributed by atoms with Gasteiger partial charge in [0.2, 0.25) is 0 Å². The molecule has 17 heavy (non-hydrogen) atoms. The van der Waals surface area contributed by atoms with Crippen LogP contribution in [0.2, 0.25) is 0 Å². The molecule has 1 heterocycles. The molecule has 1 unspecified atom stereocenters. The number of aromatic nitrogens is 1. The van der Waals surface area contributed by atoms with E-state index in [4.69, 9.17) is 0 Å². The molecule has 0 spiro atoms. The summed E-state index contributed by atoms with van der Waals surface area (Å²) in [5, 5.41) is 2.68. The van der Waals surface area contributed by atoms with Gasteiger partial charge in [-0.15, -0.1) is 0 Å². The molecule has 0 bridgehead atoms. The van der Waals surface area contributed by atoms with Gasteiger partial charge in [-0.3, -0.25) is 9.78 Å². The highest BCUT2D eigenvalue weighted by Crippen LogP contribution is 2.15. The lowest BCUT2D eigenvalue weighted by Crippen LogP contribution is -2.33. The number of carbonyl (C=O) groups is 1. The smallest absolute Gasteiger partial charge is 0.280 e. The van der Waals surface area contributed by atoms with Crippen molar-refractivity contribution in [3.8, 4) is 0 Å². The Balaban J connectivity index is 2.73. The first-order chi connectivity index (χ1) is 7.91. The van der Waals surface area contributed by atoms with Crippen LogP contribution in [0.3, 0.4) is 0 Å². The zero-order valence-electron chi connectivity index (χ0n) is 9.71. The maximum atomic E-state index is 12.2. The first-order valence-electron chi connectivity index (χ1n) is 5.12. The van der Waals surface area contributed by atoms with Crippen LogP contribution in [0.5, 0.6) is 0 Å². The van der Waals surface area contributed by atoms with E-state index in [0.29, 0.717) is 0 Å². The number of halogens is 2. The van der Waals surface area contributed by atoms with Gasteiger partial charge in [0.1, 0.15) is 5.69 Å². The quantitative estimate of drug-likeness (QED) is 0.822. The summed E-state index contributed by atoms with van der Waals surface area (Å²) in [5.74, 6) is -0.353. The van der Waals surface area contributed by atoms with Crippen molar-refractivity contribution in [2.75, 3.05) is 0 Å². The Kier molecular flexibility index (Phi) is 4.31. The number of alkyl halides is 2. The fourth-order valence-corrected chi connectivity index (χ4v) is 1.07. The maximum absolute atomic E-state index is 12.2. The van der Waals surface area contributed by atoms with Crippen LogP contribution in [-0.2, 0) is 0 Å². The molecule has 0 radical (unpaired) electrons. The monoisotopic (exact) mass is 240 g/mol. The highest BCUT2D eigenvalue weighted by Gasteiger charge is 2.12. The molecule has 5 heteroatoms. The largest absolute Gasteiger partial charge is 0.346 e. The number of rotatable bonds is 4. The predicted molar refractivity (Wildman–Crippen MR) is 60.9 cm³/mol. The molecule has 1 aromatic heterocycles. The third-order valence-corrected chi connectivity index (χ3v) is 2.36. The summed E-state index contributed by atoms with van der Waals surface area (Å²) in [5.41, 5.74) is 0.729. The lowest BCUT2D eigenvalue weighted by molar-refractivity contribution is 0.0944. The molecule has 0 fully saturated rings.